The molecule has 2 aromatic heterocycles. The van der Waals surface area contributed by atoms with Crippen LogP contribution < -0.4 is 26.0 Å². The zero-order valence-corrected chi connectivity index (χ0v) is 23.7. The van der Waals surface area contributed by atoms with Crippen molar-refractivity contribution in [2.75, 3.05) is 56.9 Å². The Morgan fingerprint density at radius 1 is 1.12 bits per heavy atom. The second-order valence-corrected chi connectivity index (χ2v) is 9.15. The number of benzene rings is 2. The summed E-state index contributed by atoms with van der Waals surface area (Å²) in [6, 6.07) is 12.8. The van der Waals surface area contributed by atoms with Gasteiger partial charge in [-0.1, -0.05) is 24.8 Å². The van der Waals surface area contributed by atoms with Crippen LogP contribution in [0, 0.1) is 0 Å². The number of halogens is 1. The van der Waals surface area contributed by atoms with Crippen molar-refractivity contribution in [1.82, 2.24) is 19.4 Å². The summed E-state index contributed by atoms with van der Waals surface area (Å²) in [5, 5.41) is 6.82. The molecule has 0 saturated heterocycles. The highest BCUT2D eigenvalue weighted by molar-refractivity contribution is 6.06. The number of amides is 2. The molecule has 0 aliphatic carbocycles. The van der Waals surface area contributed by atoms with E-state index in [4.69, 9.17) is 10.5 Å². The van der Waals surface area contributed by atoms with Crippen molar-refractivity contribution in [3.63, 3.8) is 0 Å². The standard InChI is InChI=1S/C28H32N8O3.ClH/c1-6-26(37)31-20-15-21(24(39-5)16-23(20)35(4)14-13-34(2)3)32-28-30-12-11-25(33-28)36-17-19(27(29)38)18-9-7-8-10-22(18)36;/h6-12,15-17H,1,13-14H2,2-5H3,(H2,29,38)(H,31,37)(H,30,32,33);1H. The van der Waals surface area contributed by atoms with Crippen LogP contribution in [0.5, 0.6) is 5.75 Å². The number of likely N-dealkylation sites (N-methyl/N-ethyl adjacent to an activating group) is 2. The van der Waals surface area contributed by atoms with Crippen LogP contribution in [-0.2, 0) is 4.79 Å². The molecule has 0 bridgehead atoms. The van der Waals surface area contributed by atoms with Gasteiger partial charge in [0.1, 0.15) is 11.6 Å². The third-order valence-corrected chi connectivity index (χ3v) is 6.17. The number of nitrogens with one attached hydrogen (secondary N) is 2. The number of rotatable bonds is 11. The van der Waals surface area contributed by atoms with Crippen LogP contribution in [0.25, 0.3) is 16.7 Å². The summed E-state index contributed by atoms with van der Waals surface area (Å²) in [6.07, 6.45) is 4.50. The predicted octanol–water partition coefficient (Wildman–Crippen LogP) is 3.82. The molecule has 2 heterocycles. The fraction of sp³-hybridized carbons (Fsp3) is 0.214. The van der Waals surface area contributed by atoms with E-state index in [-0.39, 0.29) is 18.3 Å². The van der Waals surface area contributed by atoms with E-state index >= 15 is 0 Å². The molecule has 4 N–H and O–H groups in total. The lowest BCUT2D eigenvalue weighted by atomic mass is 10.2. The molecule has 40 heavy (non-hydrogen) atoms. The first-order valence-electron chi connectivity index (χ1n) is 12.2. The van der Waals surface area contributed by atoms with E-state index < -0.39 is 5.91 Å². The summed E-state index contributed by atoms with van der Waals surface area (Å²) in [4.78, 5) is 37.4. The number of fused-ring (bicyclic) bond motifs is 1. The summed E-state index contributed by atoms with van der Waals surface area (Å²) in [5.74, 6) is 0.507. The maximum atomic E-state index is 12.2. The Bertz CT molecular complexity index is 1540. The normalized spacial score (nSPS) is 10.6. The molecule has 2 aromatic carbocycles. The fourth-order valence-electron chi connectivity index (χ4n) is 4.14. The molecule has 0 radical (unpaired) electrons. The molecular weight excluding hydrogens is 532 g/mol. The maximum absolute atomic E-state index is 12.2. The summed E-state index contributed by atoms with van der Waals surface area (Å²) in [7, 11) is 7.52. The van der Waals surface area contributed by atoms with E-state index in [2.05, 4.69) is 32.1 Å². The van der Waals surface area contributed by atoms with Crippen LogP contribution in [0.3, 0.4) is 0 Å². The van der Waals surface area contributed by atoms with Crippen LogP contribution in [-0.4, -0.2) is 72.6 Å². The lowest BCUT2D eigenvalue weighted by molar-refractivity contribution is -0.111. The third kappa shape index (κ3) is 6.50. The van der Waals surface area contributed by atoms with Crippen LogP contribution >= 0.6 is 12.4 Å². The summed E-state index contributed by atoms with van der Waals surface area (Å²) in [5.41, 5.74) is 8.69. The average molecular weight is 565 g/mol. The number of primary amides is 1. The molecule has 0 fully saturated rings. The average Bonchev–Trinajstić information content (AvgIpc) is 3.32. The smallest absolute Gasteiger partial charge is 0.250 e. The van der Waals surface area contributed by atoms with Crippen LogP contribution in [0.15, 0.2) is 67.5 Å². The highest BCUT2D eigenvalue weighted by Gasteiger charge is 2.18. The van der Waals surface area contributed by atoms with E-state index in [1.807, 2.05) is 56.4 Å². The molecule has 2 amide bonds. The number of anilines is 4. The van der Waals surface area contributed by atoms with Crippen molar-refractivity contribution in [3.8, 4) is 11.6 Å². The van der Waals surface area contributed by atoms with Gasteiger partial charge in [0.05, 0.1) is 35.3 Å². The Kier molecular flexibility index (Phi) is 9.70. The Morgan fingerprint density at radius 3 is 2.55 bits per heavy atom. The van der Waals surface area contributed by atoms with Gasteiger partial charge in [-0.15, -0.1) is 12.4 Å². The maximum Gasteiger partial charge on any atom is 0.250 e. The molecule has 11 nitrogen and oxygen atoms in total. The Balaban J connectivity index is 0.00000441. The Morgan fingerprint density at radius 2 is 1.88 bits per heavy atom. The molecule has 0 aliphatic rings. The quantitative estimate of drug-likeness (QED) is 0.234. The number of ether oxygens (including phenoxy) is 1. The molecular formula is C28H33ClN8O3. The third-order valence-electron chi connectivity index (χ3n) is 6.17. The SMILES string of the molecule is C=CC(=O)Nc1cc(Nc2nccc(-n3cc(C(N)=O)c4ccccc43)n2)c(OC)cc1N(C)CCN(C)C.Cl. The largest absolute Gasteiger partial charge is 0.494 e. The number of hydrogen-bond donors (Lipinski definition) is 3. The molecule has 4 aromatic rings. The van der Waals surface area contributed by atoms with Crippen molar-refractivity contribution in [3.05, 3.63) is 73.1 Å². The molecule has 0 aliphatic heterocycles. The minimum Gasteiger partial charge on any atom is -0.494 e. The van der Waals surface area contributed by atoms with E-state index in [9.17, 15) is 9.59 Å². The molecule has 0 atom stereocenters. The predicted molar refractivity (Wildman–Crippen MR) is 162 cm³/mol. The number of methoxy groups -OCH3 is 1. The number of carbonyl (C=O) groups is 2. The Labute approximate surface area is 239 Å². The topological polar surface area (TPSA) is 131 Å². The first-order valence-corrected chi connectivity index (χ1v) is 12.2. The second kappa shape index (κ2) is 13.0. The monoisotopic (exact) mass is 564 g/mol. The van der Waals surface area contributed by atoms with Crippen molar-refractivity contribution in [2.24, 2.45) is 5.73 Å². The fourth-order valence-corrected chi connectivity index (χ4v) is 4.14. The summed E-state index contributed by atoms with van der Waals surface area (Å²) in [6.45, 7) is 5.11. The van der Waals surface area contributed by atoms with Crippen molar-refractivity contribution in [1.29, 1.82) is 0 Å². The lowest BCUT2D eigenvalue weighted by Crippen LogP contribution is -2.29. The summed E-state index contributed by atoms with van der Waals surface area (Å²) < 4.78 is 7.47. The highest BCUT2D eigenvalue weighted by Crippen LogP contribution is 2.38. The van der Waals surface area contributed by atoms with Crippen LogP contribution in [0.1, 0.15) is 10.4 Å². The first-order chi connectivity index (χ1) is 18.7. The minimum atomic E-state index is -0.521. The van der Waals surface area contributed by atoms with Crippen molar-refractivity contribution >= 4 is 58.1 Å². The van der Waals surface area contributed by atoms with Gasteiger partial charge < -0.3 is 35.5 Å². The van der Waals surface area contributed by atoms with Crippen LogP contribution in [0.2, 0.25) is 0 Å². The number of nitrogens with two attached hydrogens (primary N) is 1. The molecule has 210 valence electrons. The van der Waals surface area contributed by atoms with E-state index in [1.165, 1.54) is 6.08 Å². The molecule has 12 heteroatoms. The Hall–Kier alpha value is -4.61. The van der Waals surface area contributed by atoms with Crippen LogP contribution in [0.4, 0.5) is 23.0 Å². The molecule has 0 spiro atoms. The molecule has 4 rings (SSSR count). The highest BCUT2D eigenvalue weighted by atomic mass is 35.5. The number of nitrogens with zero attached hydrogens (tertiary/aromatic N) is 5. The number of aromatic nitrogens is 3. The lowest BCUT2D eigenvalue weighted by Gasteiger charge is -2.26. The van der Waals surface area contributed by atoms with Gasteiger partial charge in [0.2, 0.25) is 11.9 Å². The molecule has 0 unspecified atom stereocenters. The van der Waals surface area contributed by atoms with E-state index in [0.29, 0.717) is 34.5 Å². The van der Waals surface area contributed by atoms with Crippen molar-refractivity contribution in [2.45, 2.75) is 0 Å². The van der Waals surface area contributed by atoms with Gasteiger partial charge in [-0.3, -0.25) is 9.59 Å². The van der Waals surface area contributed by atoms with E-state index in [0.717, 1.165) is 29.7 Å². The van der Waals surface area contributed by atoms with Gasteiger partial charge in [0.15, 0.2) is 0 Å². The number of para-hydroxylation sites is 1. The van der Waals surface area contributed by atoms with Gasteiger partial charge >= 0.3 is 0 Å². The summed E-state index contributed by atoms with van der Waals surface area (Å²) >= 11 is 0. The van der Waals surface area contributed by atoms with Gasteiger partial charge in [-0.2, -0.15) is 4.98 Å². The van der Waals surface area contributed by atoms with Gasteiger partial charge in [0, 0.05) is 44.0 Å². The number of carbonyl (C=O) groups excluding carboxylic acids is 2. The first kappa shape index (κ1) is 29.9. The zero-order valence-electron chi connectivity index (χ0n) is 22.8. The van der Waals surface area contributed by atoms with Gasteiger partial charge in [-0.05, 0) is 38.4 Å². The minimum absolute atomic E-state index is 0. The van der Waals surface area contributed by atoms with Gasteiger partial charge in [0.25, 0.3) is 5.91 Å². The van der Waals surface area contributed by atoms with E-state index in [1.54, 1.807) is 36.2 Å². The van der Waals surface area contributed by atoms with Gasteiger partial charge in [-0.25, -0.2) is 4.98 Å². The molecule has 0 saturated carbocycles. The van der Waals surface area contributed by atoms with Crippen molar-refractivity contribution < 1.29 is 14.3 Å². The zero-order chi connectivity index (χ0) is 28.1. The second-order valence-electron chi connectivity index (χ2n) is 9.15. The number of hydrogen-bond acceptors (Lipinski definition) is 8.